The molecule has 0 saturated carbocycles. The lowest BCUT2D eigenvalue weighted by Gasteiger charge is -2.29. The molecule has 0 aliphatic rings. The lowest BCUT2D eigenvalue weighted by atomic mass is 10.0. The largest absolute Gasteiger partial charge is 0.489 e. The summed E-state index contributed by atoms with van der Waals surface area (Å²) >= 11 is 12.1. The lowest BCUT2D eigenvalue weighted by molar-refractivity contribution is -0.132. The van der Waals surface area contributed by atoms with Crippen LogP contribution in [0.3, 0.4) is 0 Å². The smallest absolute Gasteiger partial charge is 0.244 e. The highest BCUT2D eigenvalue weighted by molar-refractivity contribution is 7.89. The highest BCUT2D eigenvalue weighted by Gasteiger charge is 2.35. The number of halogens is 2. The Hall–Kier alpha value is -4.99. The number of likely N-dealkylation sites (N-methyl/N-ethyl adjacent to an activating group) is 1. The van der Waals surface area contributed by atoms with Crippen LogP contribution in [0.5, 0.6) is 5.75 Å². The second-order valence-corrected chi connectivity index (χ2v) is 15.3. The Kier molecular flexibility index (Phi) is 15.0. The predicted molar refractivity (Wildman–Crippen MR) is 208 cm³/mol. The van der Waals surface area contributed by atoms with Crippen molar-refractivity contribution in [2.45, 2.75) is 55.3 Å². The second kappa shape index (κ2) is 19.4. The minimum atomic E-state index is -4.18. The van der Waals surface area contributed by atoms with Gasteiger partial charge in [-0.1, -0.05) is 83.9 Å². The van der Waals surface area contributed by atoms with Crippen molar-refractivity contribution in [3.8, 4) is 5.75 Å². The number of hydrogen-bond acceptors (Lipinski definition) is 8. The maximum Gasteiger partial charge on any atom is 0.244 e. The average Bonchev–Trinajstić information content (AvgIpc) is 3.16. The van der Waals surface area contributed by atoms with Crippen molar-refractivity contribution in [1.82, 2.24) is 14.9 Å². The van der Waals surface area contributed by atoms with Crippen LogP contribution in [0.2, 0.25) is 10.0 Å². The van der Waals surface area contributed by atoms with E-state index in [1.165, 1.54) is 19.2 Å². The van der Waals surface area contributed by atoms with Gasteiger partial charge in [0.25, 0.3) is 0 Å². The molecule has 13 nitrogen and oxygen atoms in total. The van der Waals surface area contributed by atoms with E-state index in [1.54, 1.807) is 84.9 Å². The number of nitrogens with two attached hydrogens (primary N) is 3. The number of nitrogen functional groups attached to an aromatic ring is 1. The third-order valence-electron chi connectivity index (χ3n) is 8.61. The summed E-state index contributed by atoms with van der Waals surface area (Å²) in [7, 11) is -2.88. The van der Waals surface area contributed by atoms with Gasteiger partial charge in [0.05, 0.1) is 14.9 Å². The van der Waals surface area contributed by atoms with Crippen molar-refractivity contribution in [3.05, 3.63) is 129 Å². The van der Waals surface area contributed by atoms with Crippen molar-refractivity contribution < 1.29 is 27.5 Å². The van der Waals surface area contributed by atoms with E-state index in [9.17, 15) is 22.8 Å². The number of sulfonamides is 1. The minimum absolute atomic E-state index is 0.0236. The molecule has 0 aliphatic heterocycles. The molecular formula is C38H43Cl2N7O6S. The molecule has 286 valence electrons. The van der Waals surface area contributed by atoms with Gasteiger partial charge in [-0.2, -0.15) is 4.31 Å². The van der Waals surface area contributed by atoms with Gasteiger partial charge in [-0.25, -0.2) is 8.42 Å². The van der Waals surface area contributed by atoms with Crippen molar-refractivity contribution in [3.63, 3.8) is 0 Å². The van der Waals surface area contributed by atoms with Crippen LogP contribution < -0.4 is 32.6 Å². The first-order valence-electron chi connectivity index (χ1n) is 16.9. The zero-order valence-electron chi connectivity index (χ0n) is 29.5. The molecule has 4 aromatic rings. The van der Waals surface area contributed by atoms with E-state index < -0.39 is 45.9 Å². The molecule has 0 radical (unpaired) electrons. The standard InChI is InChI=1S/C38H43Cl2N7O6S/c1-47(54(51,52)29-7-3-2-4-8-29)33(22-24-10-13-27(14-11-24)35(42)43)38(50)45-32(9-5-6-20-41)37(49)46-34(36(44)48)26-15-17-28(18-16-26)53-23-25-12-19-30(39)31(40)21-25/h2-4,7-8,10-19,21,32-34H,5-6,9,20,22-23,41H2,1H3,(H3,42,43)(H2,44,48)(H,45,50)(H,46,49)/t32-,33-,34+/m0/s1. The van der Waals surface area contributed by atoms with Gasteiger partial charge >= 0.3 is 0 Å². The van der Waals surface area contributed by atoms with Crippen LogP contribution in [-0.2, 0) is 37.4 Å². The monoisotopic (exact) mass is 795 g/mol. The molecule has 0 saturated heterocycles. The van der Waals surface area contributed by atoms with Gasteiger partial charge in [0.2, 0.25) is 27.7 Å². The van der Waals surface area contributed by atoms with E-state index in [2.05, 4.69) is 10.6 Å². The third-order valence-corrected chi connectivity index (χ3v) is 11.2. The third kappa shape index (κ3) is 11.3. The minimum Gasteiger partial charge on any atom is -0.489 e. The van der Waals surface area contributed by atoms with Gasteiger partial charge < -0.3 is 32.6 Å². The molecule has 9 N–H and O–H groups in total. The molecule has 0 unspecified atom stereocenters. The topological polar surface area (TPSA) is 224 Å². The Balaban J connectivity index is 1.56. The van der Waals surface area contributed by atoms with E-state index in [0.29, 0.717) is 51.9 Å². The highest BCUT2D eigenvalue weighted by atomic mass is 35.5. The van der Waals surface area contributed by atoms with Crippen LogP contribution in [0.1, 0.15) is 47.6 Å². The molecule has 4 aromatic carbocycles. The summed E-state index contributed by atoms with van der Waals surface area (Å²) in [6.07, 6.45) is 1.04. The van der Waals surface area contributed by atoms with Gasteiger partial charge in [-0.3, -0.25) is 19.8 Å². The highest BCUT2D eigenvalue weighted by Crippen LogP contribution is 2.25. The molecule has 0 spiro atoms. The first kappa shape index (κ1) is 41.8. The fourth-order valence-corrected chi connectivity index (χ4v) is 7.16. The predicted octanol–water partition coefficient (Wildman–Crippen LogP) is 4.04. The molecule has 54 heavy (non-hydrogen) atoms. The van der Waals surface area contributed by atoms with Crippen LogP contribution in [0.4, 0.5) is 0 Å². The van der Waals surface area contributed by atoms with E-state index in [0.717, 1.165) is 9.87 Å². The SMILES string of the molecule is CN([C@@H](Cc1ccc(C(=N)N)cc1)C(=O)N[C@@H](CCCCN)C(=O)N[C@@H](C(N)=O)c1ccc(OCc2ccc(Cl)c(Cl)c2)cc1)S(=O)(=O)c1ccccc1. The van der Waals surface area contributed by atoms with Gasteiger partial charge in [0, 0.05) is 12.6 Å². The number of carbonyl (C=O) groups excluding carboxylic acids is 3. The Labute approximate surface area is 324 Å². The molecule has 0 bridgehead atoms. The second-order valence-electron chi connectivity index (χ2n) is 12.5. The van der Waals surface area contributed by atoms with Crippen LogP contribution in [-0.4, -0.2) is 62.0 Å². The summed E-state index contributed by atoms with van der Waals surface area (Å²) < 4.78 is 34.2. The number of nitrogens with zero attached hydrogens (tertiary/aromatic N) is 1. The Morgan fingerprint density at radius 3 is 2.07 bits per heavy atom. The zero-order chi connectivity index (χ0) is 39.4. The fourth-order valence-electron chi connectivity index (χ4n) is 5.50. The lowest BCUT2D eigenvalue weighted by Crippen LogP contribution is -2.55. The summed E-state index contributed by atoms with van der Waals surface area (Å²) in [5, 5.41) is 13.9. The van der Waals surface area contributed by atoms with Crippen LogP contribution in [0.25, 0.3) is 0 Å². The van der Waals surface area contributed by atoms with E-state index in [1.807, 2.05) is 0 Å². The number of hydrogen-bond donors (Lipinski definition) is 6. The number of rotatable bonds is 19. The number of primary amides is 1. The number of unbranched alkanes of at least 4 members (excludes halogenated alkanes) is 1. The molecule has 0 heterocycles. The number of nitrogens with one attached hydrogen (secondary N) is 3. The molecule has 3 atom stereocenters. The van der Waals surface area contributed by atoms with Crippen molar-refractivity contribution in [1.29, 1.82) is 5.41 Å². The molecule has 16 heteroatoms. The first-order valence-corrected chi connectivity index (χ1v) is 19.1. The first-order chi connectivity index (χ1) is 25.7. The van der Waals surface area contributed by atoms with Gasteiger partial charge in [0.1, 0.15) is 36.3 Å². The van der Waals surface area contributed by atoms with Gasteiger partial charge in [-0.05, 0) is 85.3 Å². The Morgan fingerprint density at radius 1 is 0.833 bits per heavy atom. The van der Waals surface area contributed by atoms with Crippen molar-refractivity contribution in [2.24, 2.45) is 17.2 Å². The quantitative estimate of drug-likeness (QED) is 0.0461. The zero-order valence-corrected chi connectivity index (χ0v) is 31.8. The van der Waals surface area contributed by atoms with Crippen LogP contribution in [0.15, 0.2) is 102 Å². The molecule has 0 fully saturated rings. The van der Waals surface area contributed by atoms with Crippen LogP contribution in [0, 0.1) is 5.41 Å². The summed E-state index contributed by atoms with van der Waals surface area (Å²) in [4.78, 5) is 40.6. The number of carbonyl (C=O) groups is 3. The number of benzene rings is 4. The summed E-state index contributed by atoms with van der Waals surface area (Å²) in [6.45, 7) is 0.533. The number of amides is 3. The molecule has 0 aliphatic carbocycles. The summed E-state index contributed by atoms with van der Waals surface area (Å²) in [5.41, 5.74) is 19.2. The molecule has 4 rings (SSSR count). The fraction of sp³-hybridized carbons (Fsp3) is 0.263. The van der Waals surface area contributed by atoms with E-state index in [-0.39, 0.29) is 30.2 Å². The van der Waals surface area contributed by atoms with Crippen molar-refractivity contribution >= 4 is 56.8 Å². The van der Waals surface area contributed by atoms with Gasteiger partial charge in [0.15, 0.2) is 0 Å². The van der Waals surface area contributed by atoms with E-state index in [4.69, 9.17) is 50.5 Å². The van der Waals surface area contributed by atoms with Gasteiger partial charge in [-0.15, -0.1) is 0 Å². The number of amidine groups is 1. The molecular weight excluding hydrogens is 753 g/mol. The Morgan fingerprint density at radius 2 is 1.48 bits per heavy atom. The van der Waals surface area contributed by atoms with Crippen molar-refractivity contribution in [2.75, 3.05) is 13.6 Å². The molecule has 0 aromatic heterocycles. The number of ether oxygens (including phenoxy) is 1. The summed E-state index contributed by atoms with van der Waals surface area (Å²) in [6, 6.07) is 21.9. The Bertz CT molecular complexity index is 2040. The molecule has 3 amide bonds. The average molecular weight is 797 g/mol. The van der Waals surface area contributed by atoms with Crippen LogP contribution >= 0.6 is 23.2 Å². The summed E-state index contributed by atoms with van der Waals surface area (Å²) in [5.74, 6) is -1.98. The maximum atomic E-state index is 14.1. The maximum absolute atomic E-state index is 14.1. The normalized spacial score (nSPS) is 13.1. The van der Waals surface area contributed by atoms with E-state index >= 15 is 0 Å².